The Kier molecular flexibility index (Phi) is 2.75. The van der Waals surface area contributed by atoms with Crippen LogP contribution in [0, 0.1) is 6.92 Å². The van der Waals surface area contributed by atoms with Gasteiger partial charge in [0.25, 0.3) is 0 Å². The fraction of sp³-hybridized carbons (Fsp3) is 0.200. The van der Waals surface area contributed by atoms with Crippen molar-refractivity contribution in [1.29, 1.82) is 0 Å². The summed E-state index contributed by atoms with van der Waals surface area (Å²) in [6.07, 6.45) is 4.36. The van der Waals surface area contributed by atoms with Crippen LogP contribution in [0.1, 0.15) is 11.3 Å². The molecule has 0 bridgehead atoms. The summed E-state index contributed by atoms with van der Waals surface area (Å²) in [5, 5.41) is 0. The summed E-state index contributed by atoms with van der Waals surface area (Å²) < 4.78 is 3.04. The van der Waals surface area contributed by atoms with Crippen LogP contribution in [0.5, 0.6) is 0 Å². The van der Waals surface area contributed by atoms with Crippen molar-refractivity contribution in [3.63, 3.8) is 0 Å². The zero-order valence-electron chi connectivity index (χ0n) is 8.20. The highest BCUT2D eigenvalue weighted by molar-refractivity contribution is 9.10. The Bertz CT molecular complexity index is 533. The second-order valence-corrected chi connectivity index (χ2v) is 4.87. The highest BCUT2D eigenvalue weighted by Crippen LogP contribution is 2.18. The normalized spacial score (nSPS) is 10.8. The van der Waals surface area contributed by atoms with Crippen molar-refractivity contribution in [2.45, 2.75) is 13.3 Å². The molecule has 2 rings (SSSR count). The summed E-state index contributed by atoms with van der Waals surface area (Å²) in [7, 11) is 0. The molecule has 0 fully saturated rings. The van der Waals surface area contributed by atoms with Crippen LogP contribution >= 0.6 is 28.1 Å². The molecule has 0 amide bonds. The van der Waals surface area contributed by atoms with Crippen LogP contribution in [0.4, 0.5) is 0 Å². The van der Waals surface area contributed by atoms with E-state index >= 15 is 0 Å². The van der Waals surface area contributed by atoms with Gasteiger partial charge in [-0.1, -0.05) is 12.2 Å². The van der Waals surface area contributed by atoms with Gasteiger partial charge in [-0.25, -0.2) is 4.98 Å². The quantitative estimate of drug-likeness (QED) is 0.860. The first-order valence-electron chi connectivity index (χ1n) is 4.48. The van der Waals surface area contributed by atoms with Gasteiger partial charge in [0.2, 0.25) is 0 Å². The predicted molar refractivity (Wildman–Crippen MR) is 68.1 cm³/mol. The van der Waals surface area contributed by atoms with Gasteiger partial charge in [0.15, 0.2) is 0 Å². The molecule has 0 unspecified atom stereocenters. The topological polar surface area (TPSA) is 43.3 Å². The lowest BCUT2D eigenvalue weighted by Gasteiger charge is -2.03. The lowest BCUT2D eigenvalue weighted by Crippen LogP contribution is -2.12. The average Bonchev–Trinajstić information content (AvgIpc) is 2.48. The van der Waals surface area contributed by atoms with Crippen LogP contribution < -0.4 is 5.73 Å². The third-order valence-corrected chi connectivity index (χ3v) is 2.77. The highest BCUT2D eigenvalue weighted by Gasteiger charge is 2.07. The number of hydrogen-bond acceptors (Lipinski definition) is 2. The minimum atomic E-state index is 0.481. The van der Waals surface area contributed by atoms with E-state index in [-0.39, 0.29) is 0 Å². The Morgan fingerprint density at radius 3 is 3.07 bits per heavy atom. The number of pyridine rings is 1. The number of rotatable bonds is 2. The van der Waals surface area contributed by atoms with Gasteiger partial charge >= 0.3 is 0 Å². The van der Waals surface area contributed by atoms with Crippen molar-refractivity contribution in [3.05, 3.63) is 34.2 Å². The van der Waals surface area contributed by atoms with E-state index < -0.39 is 0 Å². The fourth-order valence-corrected chi connectivity index (χ4v) is 2.27. The first kappa shape index (κ1) is 10.6. The van der Waals surface area contributed by atoms with Crippen LogP contribution in [0.15, 0.2) is 22.9 Å². The maximum Gasteiger partial charge on any atom is 0.139 e. The van der Waals surface area contributed by atoms with Gasteiger partial charge in [0.1, 0.15) is 5.65 Å². The smallest absolute Gasteiger partial charge is 0.139 e. The molecule has 2 aromatic heterocycles. The minimum Gasteiger partial charge on any atom is -0.393 e. The molecule has 0 spiro atoms. The van der Waals surface area contributed by atoms with E-state index in [9.17, 15) is 0 Å². The number of thiocarbonyl (C=S) groups is 1. The van der Waals surface area contributed by atoms with Crippen LogP contribution in [0.3, 0.4) is 0 Å². The fourth-order valence-electron chi connectivity index (χ4n) is 1.57. The first-order valence-corrected chi connectivity index (χ1v) is 5.68. The molecule has 0 aromatic carbocycles. The van der Waals surface area contributed by atoms with Crippen molar-refractivity contribution in [1.82, 2.24) is 9.38 Å². The molecule has 2 aromatic rings. The van der Waals surface area contributed by atoms with Crippen LogP contribution in [0.2, 0.25) is 0 Å². The van der Waals surface area contributed by atoms with E-state index in [1.54, 1.807) is 0 Å². The molecule has 2 N–H and O–H groups in total. The molecule has 2 heterocycles. The molecule has 0 aliphatic rings. The van der Waals surface area contributed by atoms with Crippen molar-refractivity contribution in [2.24, 2.45) is 5.73 Å². The lowest BCUT2D eigenvalue weighted by atomic mass is 10.3. The number of hydrogen-bond donors (Lipinski definition) is 1. The molecule has 3 nitrogen and oxygen atoms in total. The summed E-state index contributed by atoms with van der Waals surface area (Å²) in [6.45, 7) is 2.03. The average molecular weight is 284 g/mol. The Balaban J connectivity index is 2.63. The van der Waals surface area contributed by atoms with E-state index in [0.717, 1.165) is 21.4 Å². The zero-order valence-corrected chi connectivity index (χ0v) is 10.6. The number of halogens is 1. The second kappa shape index (κ2) is 3.90. The zero-order chi connectivity index (χ0) is 11.0. The van der Waals surface area contributed by atoms with Crippen molar-refractivity contribution >= 4 is 38.8 Å². The van der Waals surface area contributed by atoms with Gasteiger partial charge in [0.05, 0.1) is 4.99 Å². The van der Waals surface area contributed by atoms with Gasteiger partial charge in [-0.2, -0.15) is 0 Å². The van der Waals surface area contributed by atoms with Crippen LogP contribution in [-0.4, -0.2) is 14.4 Å². The lowest BCUT2D eigenvalue weighted by molar-refractivity contribution is 1.06. The summed E-state index contributed by atoms with van der Waals surface area (Å²) in [6, 6.07) is 2.03. The van der Waals surface area contributed by atoms with Crippen molar-refractivity contribution in [2.75, 3.05) is 0 Å². The molecule has 0 aliphatic carbocycles. The van der Waals surface area contributed by atoms with Gasteiger partial charge in [0, 0.05) is 29.0 Å². The van der Waals surface area contributed by atoms with Crippen LogP contribution in [0.25, 0.3) is 5.65 Å². The Morgan fingerprint density at radius 1 is 1.67 bits per heavy atom. The van der Waals surface area contributed by atoms with Gasteiger partial charge < -0.3 is 10.1 Å². The summed E-state index contributed by atoms with van der Waals surface area (Å²) in [5.74, 6) is 0. The van der Waals surface area contributed by atoms with E-state index in [1.807, 2.05) is 29.8 Å². The molecular formula is C10H10BrN3S. The molecule has 5 heteroatoms. The monoisotopic (exact) mass is 283 g/mol. The number of aryl methyl sites for hydroxylation is 1. The standard InChI is InChI=1S/C10H10BrN3S/c1-6-2-7(11)5-14-8(3-9(12)15)4-13-10(6)14/h2,4-5H,3H2,1H3,(H2,12,15). The molecule has 0 saturated carbocycles. The van der Waals surface area contributed by atoms with Crippen LogP contribution in [-0.2, 0) is 6.42 Å². The van der Waals surface area contributed by atoms with Crippen molar-refractivity contribution in [3.8, 4) is 0 Å². The number of fused-ring (bicyclic) bond motifs is 1. The molecule has 0 saturated heterocycles. The second-order valence-electron chi connectivity index (χ2n) is 3.43. The molecule has 78 valence electrons. The largest absolute Gasteiger partial charge is 0.393 e. The molecule has 0 aliphatic heterocycles. The maximum atomic E-state index is 5.53. The molecule has 0 atom stereocenters. The van der Waals surface area contributed by atoms with Gasteiger partial charge in [-0.15, -0.1) is 0 Å². The number of imidazole rings is 1. The van der Waals surface area contributed by atoms with Gasteiger partial charge in [-0.3, -0.25) is 0 Å². The SMILES string of the molecule is Cc1cc(Br)cn2c(CC(N)=S)cnc12. The van der Waals surface area contributed by atoms with E-state index in [2.05, 4.69) is 20.9 Å². The summed E-state index contributed by atoms with van der Waals surface area (Å²) in [5.41, 5.74) is 8.62. The number of nitrogens with two attached hydrogens (primary N) is 1. The first-order chi connectivity index (χ1) is 7.08. The molecular weight excluding hydrogens is 274 g/mol. The molecule has 15 heavy (non-hydrogen) atoms. The Hall–Kier alpha value is -0.940. The third kappa shape index (κ3) is 2.03. The maximum absolute atomic E-state index is 5.53. The Labute approximate surface area is 101 Å². The molecule has 0 radical (unpaired) electrons. The van der Waals surface area contributed by atoms with E-state index in [0.29, 0.717) is 11.4 Å². The number of aromatic nitrogens is 2. The Morgan fingerprint density at radius 2 is 2.40 bits per heavy atom. The highest BCUT2D eigenvalue weighted by atomic mass is 79.9. The van der Waals surface area contributed by atoms with Gasteiger partial charge in [-0.05, 0) is 34.5 Å². The third-order valence-electron chi connectivity index (χ3n) is 2.19. The number of nitrogens with zero attached hydrogens (tertiary/aromatic N) is 2. The predicted octanol–water partition coefficient (Wildman–Crippen LogP) is 2.23. The minimum absolute atomic E-state index is 0.481. The summed E-state index contributed by atoms with van der Waals surface area (Å²) >= 11 is 8.35. The van der Waals surface area contributed by atoms with Crippen molar-refractivity contribution < 1.29 is 0 Å². The van der Waals surface area contributed by atoms with E-state index in [4.69, 9.17) is 18.0 Å². The van der Waals surface area contributed by atoms with E-state index in [1.165, 1.54) is 0 Å². The summed E-state index contributed by atoms with van der Waals surface area (Å²) in [4.78, 5) is 4.82.